The molecule has 4 rings (SSSR count). The van der Waals surface area contributed by atoms with Gasteiger partial charge in [0.15, 0.2) is 0 Å². The Hall–Kier alpha value is -1.22. The maximum atomic E-state index is 6.01. The molecule has 0 spiro atoms. The number of ether oxygens (including phenoxy) is 1. The molecule has 0 amide bonds. The average Bonchev–Trinajstić information content (AvgIpc) is 2.54. The normalized spacial score (nSPS) is 32.0. The molecule has 3 unspecified atom stereocenters. The SMILES string of the molecule is CC1CCc2cc(N3CCOC4CCCCC43)ccc2N1. The Morgan fingerprint density at radius 2 is 2.10 bits per heavy atom. The van der Waals surface area contributed by atoms with Crippen LogP contribution >= 0.6 is 0 Å². The molecule has 3 atom stereocenters. The molecule has 3 nitrogen and oxygen atoms in total. The molecule has 2 heterocycles. The maximum absolute atomic E-state index is 6.01. The Balaban J connectivity index is 1.60. The fourth-order valence-electron chi connectivity index (χ4n) is 4.23. The number of nitrogens with one attached hydrogen (secondary N) is 1. The third kappa shape index (κ3) is 2.52. The number of morpholine rings is 1. The van der Waals surface area contributed by atoms with E-state index in [-0.39, 0.29) is 0 Å². The van der Waals surface area contributed by atoms with Gasteiger partial charge in [-0.25, -0.2) is 0 Å². The highest BCUT2D eigenvalue weighted by Crippen LogP contribution is 2.35. The van der Waals surface area contributed by atoms with Crippen molar-refractivity contribution in [3.63, 3.8) is 0 Å². The zero-order valence-electron chi connectivity index (χ0n) is 13.0. The van der Waals surface area contributed by atoms with Crippen LogP contribution in [0.25, 0.3) is 0 Å². The Bertz CT molecular complexity index is 514. The van der Waals surface area contributed by atoms with Crippen LogP contribution in [0.4, 0.5) is 11.4 Å². The van der Waals surface area contributed by atoms with Gasteiger partial charge in [0.05, 0.1) is 18.8 Å². The number of rotatable bonds is 1. The van der Waals surface area contributed by atoms with Crippen molar-refractivity contribution >= 4 is 11.4 Å². The molecular weight excluding hydrogens is 260 g/mol. The van der Waals surface area contributed by atoms with E-state index in [1.807, 2.05) is 0 Å². The van der Waals surface area contributed by atoms with E-state index in [0.717, 1.165) is 13.2 Å². The molecule has 1 N–H and O–H groups in total. The zero-order valence-corrected chi connectivity index (χ0v) is 13.0. The van der Waals surface area contributed by atoms with Crippen molar-refractivity contribution in [3.8, 4) is 0 Å². The molecule has 0 bridgehead atoms. The molecule has 1 aliphatic carbocycles. The monoisotopic (exact) mass is 286 g/mol. The fourth-order valence-corrected chi connectivity index (χ4v) is 4.23. The van der Waals surface area contributed by atoms with E-state index < -0.39 is 0 Å². The highest BCUT2D eigenvalue weighted by molar-refractivity contribution is 5.62. The van der Waals surface area contributed by atoms with E-state index in [9.17, 15) is 0 Å². The van der Waals surface area contributed by atoms with Gasteiger partial charge in [-0.3, -0.25) is 0 Å². The first-order valence-electron chi connectivity index (χ1n) is 8.59. The van der Waals surface area contributed by atoms with Crippen molar-refractivity contribution in [2.75, 3.05) is 23.4 Å². The molecule has 2 fully saturated rings. The van der Waals surface area contributed by atoms with Gasteiger partial charge in [0.2, 0.25) is 0 Å². The minimum absolute atomic E-state index is 0.460. The minimum atomic E-state index is 0.460. The summed E-state index contributed by atoms with van der Waals surface area (Å²) in [6, 6.07) is 8.22. The first-order chi connectivity index (χ1) is 10.3. The molecule has 114 valence electrons. The van der Waals surface area contributed by atoms with Crippen molar-refractivity contribution < 1.29 is 4.74 Å². The number of nitrogens with zero attached hydrogens (tertiary/aromatic N) is 1. The molecule has 3 heteroatoms. The highest BCUT2D eigenvalue weighted by atomic mass is 16.5. The van der Waals surface area contributed by atoms with Crippen molar-refractivity contribution in [1.82, 2.24) is 0 Å². The van der Waals surface area contributed by atoms with E-state index in [0.29, 0.717) is 18.2 Å². The second-order valence-electron chi connectivity index (χ2n) is 6.88. The molecule has 1 aromatic rings. The van der Waals surface area contributed by atoms with Crippen LogP contribution in [0, 0.1) is 0 Å². The van der Waals surface area contributed by atoms with Gasteiger partial charge in [-0.15, -0.1) is 0 Å². The summed E-state index contributed by atoms with van der Waals surface area (Å²) in [7, 11) is 0. The Labute approximate surface area is 127 Å². The van der Waals surface area contributed by atoms with Gasteiger partial charge in [-0.05, 0) is 56.4 Å². The van der Waals surface area contributed by atoms with E-state index in [4.69, 9.17) is 4.74 Å². The average molecular weight is 286 g/mol. The molecule has 1 aromatic carbocycles. The standard InChI is InChI=1S/C18H26N2O/c1-13-6-7-14-12-15(8-9-16(14)19-13)20-10-11-21-18-5-3-2-4-17(18)20/h8-9,12-13,17-19H,2-7,10-11H2,1H3. The first kappa shape index (κ1) is 13.4. The van der Waals surface area contributed by atoms with Crippen LogP contribution < -0.4 is 10.2 Å². The summed E-state index contributed by atoms with van der Waals surface area (Å²) in [4.78, 5) is 2.62. The van der Waals surface area contributed by atoms with Crippen molar-refractivity contribution in [1.29, 1.82) is 0 Å². The van der Waals surface area contributed by atoms with Crippen LogP contribution in [0.5, 0.6) is 0 Å². The van der Waals surface area contributed by atoms with E-state index >= 15 is 0 Å². The lowest BCUT2D eigenvalue weighted by molar-refractivity contribution is -0.00868. The summed E-state index contributed by atoms with van der Waals surface area (Å²) < 4.78 is 6.01. The number of hydrogen-bond donors (Lipinski definition) is 1. The summed E-state index contributed by atoms with van der Waals surface area (Å²) in [5, 5.41) is 3.60. The molecule has 0 aromatic heterocycles. The van der Waals surface area contributed by atoms with Crippen LogP contribution in [0.15, 0.2) is 18.2 Å². The molecule has 1 saturated carbocycles. The topological polar surface area (TPSA) is 24.5 Å². The largest absolute Gasteiger partial charge is 0.382 e. The summed E-state index contributed by atoms with van der Waals surface area (Å²) in [5.74, 6) is 0. The number of benzene rings is 1. The number of fused-ring (bicyclic) bond motifs is 2. The van der Waals surface area contributed by atoms with Crippen LogP contribution in [0.3, 0.4) is 0 Å². The summed E-state index contributed by atoms with van der Waals surface area (Å²) in [6.07, 6.45) is 8.12. The Morgan fingerprint density at radius 3 is 3.05 bits per heavy atom. The Morgan fingerprint density at radius 1 is 1.19 bits per heavy atom. The van der Waals surface area contributed by atoms with Gasteiger partial charge in [0, 0.05) is 24.0 Å². The smallest absolute Gasteiger partial charge is 0.0779 e. The van der Waals surface area contributed by atoms with Gasteiger partial charge in [-0.2, -0.15) is 0 Å². The lowest BCUT2D eigenvalue weighted by Gasteiger charge is -2.45. The minimum Gasteiger partial charge on any atom is -0.382 e. The number of hydrogen-bond acceptors (Lipinski definition) is 3. The lowest BCUT2D eigenvalue weighted by atomic mass is 9.89. The molecule has 3 aliphatic rings. The van der Waals surface area contributed by atoms with Crippen molar-refractivity contribution in [3.05, 3.63) is 23.8 Å². The second kappa shape index (κ2) is 5.53. The number of aryl methyl sites for hydroxylation is 1. The molecule has 21 heavy (non-hydrogen) atoms. The molecular formula is C18H26N2O. The van der Waals surface area contributed by atoms with Crippen LogP contribution in [0.2, 0.25) is 0 Å². The molecule has 0 radical (unpaired) electrons. The van der Waals surface area contributed by atoms with Gasteiger partial charge >= 0.3 is 0 Å². The van der Waals surface area contributed by atoms with E-state index in [2.05, 4.69) is 35.3 Å². The maximum Gasteiger partial charge on any atom is 0.0779 e. The van der Waals surface area contributed by atoms with Gasteiger partial charge < -0.3 is 15.0 Å². The summed E-state index contributed by atoms with van der Waals surface area (Å²) in [5.41, 5.74) is 4.24. The predicted molar refractivity (Wildman–Crippen MR) is 87.2 cm³/mol. The van der Waals surface area contributed by atoms with Crippen molar-refractivity contribution in [2.24, 2.45) is 0 Å². The van der Waals surface area contributed by atoms with Crippen LogP contribution in [-0.4, -0.2) is 31.3 Å². The Kier molecular flexibility index (Phi) is 3.54. The quantitative estimate of drug-likeness (QED) is 0.854. The second-order valence-corrected chi connectivity index (χ2v) is 6.88. The van der Waals surface area contributed by atoms with E-state index in [1.165, 1.54) is 55.5 Å². The fraction of sp³-hybridized carbons (Fsp3) is 0.667. The van der Waals surface area contributed by atoms with Crippen LogP contribution in [0.1, 0.15) is 44.6 Å². The lowest BCUT2D eigenvalue weighted by Crippen LogP contribution is -2.52. The molecule has 1 saturated heterocycles. The highest BCUT2D eigenvalue weighted by Gasteiger charge is 2.34. The zero-order chi connectivity index (χ0) is 14.2. The predicted octanol–water partition coefficient (Wildman–Crippen LogP) is 3.58. The molecule has 2 aliphatic heterocycles. The van der Waals surface area contributed by atoms with Crippen molar-refractivity contribution in [2.45, 2.75) is 63.6 Å². The summed E-state index contributed by atoms with van der Waals surface area (Å²) >= 11 is 0. The van der Waals surface area contributed by atoms with Gasteiger partial charge in [-0.1, -0.05) is 12.8 Å². The number of anilines is 2. The third-order valence-electron chi connectivity index (χ3n) is 5.40. The summed E-state index contributed by atoms with van der Waals surface area (Å²) in [6.45, 7) is 4.20. The van der Waals surface area contributed by atoms with E-state index in [1.54, 1.807) is 0 Å². The third-order valence-corrected chi connectivity index (χ3v) is 5.40. The van der Waals surface area contributed by atoms with Crippen LogP contribution in [-0.2, 0) is 11.2 Å². The van der Waals surface area contributed by atoms with Gasteiger partial charge in [0.25, 0.3) is 0 Å². The van der Waals surface area contributed by atoms with Gasteiger partial charge in [0.1, 0.15) is 0 Å². The first-order valence-corrected chi connectivity index (χ1v) is 8.59.